The molecule has 0 atom stereocenters. The number of nitrogens with one attached hydrogen (secondary N) is 1. The number of carbonyl (C=O) groups excluding carboxylic acids is 2. The zero-order valence-electron chi connectivity index (χ0n) is 12.5. The molecule has 0 saturated heterocycles. The molecule has 0 saturated carbocycles. The molecule has 0 aliphatic carbocycles. The molecule has 122 valence electrons. The third-order valence-corrected chi connectivity index (χ3v) is 3.14. The highest BCUT2D eigenvalue weighted by Crippen LogP contribution is 2.36. The van der Waals surface area contributed by atoms with Gasteiger partial charge in [-0.15, -0.1) is 0 Å². The average molecular weight is 338 g/mol. The summed E-state index contributed by atoms with van der Waals surface area (Å²) in [5, 5.41) is 2.86. The van der Waals surface area contributed by atoms with Crippen LogP contribution in [0.3, 0.4) is 0 Å². The van der Waals surface area contributed by atoms with E-state index in [1.54, 1.807) is 19.1 Å². The smallest absolute Gasteiger partial charge is 0.258 e. The summed E-state index contributed by atoms with van der Waals surface area (Å²) in [7, 11) is 0. The highest BCUT2D eigenvalue weighted by Gasteiger charge is 2.14. The van der Waals surface area contributed by atoms with Crippen molar-refractivity contribution < 1.29 is 23.5 Å². The minimum atomic E-state index is -0.334. The Hall–Kier alpha value is -2.47. The number of rotatable bonds is 8. The summed E-state index contributed by atoms with van der Waals surface area (Å²) in [6.07, 6.45) is 2.19. The highest BCUT2D eigenvalue weighted by atomic mass is 35.5. The average Bonchev–Trinajstić information content (AvgIpc) is 3.05. The topological polar surface area (TPSA) is 77.8 Å². The van der Waals surface area contributed by atoms with Gasteiger partial charge in [0, 0.05) is 5.56 Å². The van der Waals surface area contributed by atoms with Gasteiger partial charge in [0.1, 0.15) is 12.0 Å². The molecule has 1 aromatic heterocycles. The molecule has 1 amide bonds. The van der Waals surface area contributed by atoms with Crippen LogP contribution < -0.4 is 14.8 Å². The number of furan rings is 1. The summed E-state index contributed by atoms with van der Waals surface area (Å²) in [6.45, 7) is 2.20. The predicted octanol–water partition coefficient (Wildman–Crippen LogP) is 2.84. The van der Waals surface area contributed by atoms with Gasteiger partial charge in [0.05, 0.1) is 24.4 Å². The maximum Gasteiger partial charge on any atom is 0.258 e. The van der Waals surface area contributed by atoms with Gasteiger partial charge in [0.25, 0.3) is 5.91 Å². The van der Waals surface area contributed by atoms with E-state index in [2.05, 4.69) is 5.32 Å². The van der Waals surface area contributed by atoms with Crippen molar-refractivity contribution >= 4 is 23.8 Å². The quantitative estimate of drug-likeness (QED) is 0.749. The molecular formula is C16H16ClNO5. The fourth-order valence-corrected chi connectivity index (χ4v) is 2.12. The van der Waals surface area contributed by atoms with E-state index in [0.717, 1.165) is 0 Å². The first kappa shape index (κ1) is 16.9. The lowest BCUT2D eigenvalue weighted by molar-refractivity contribution is -0.123. The van der Waals surface area contributed by atoms with Gasteiger partial charge in [-0.2, -0.15) is 0 Å². The lowest BCUT2D eigenvalue weighted by Crippen LogP contribution is -2.28. The van der Waals surface area contributed by atoms with Crippen LogP contribution in [0.15, 0.2) is 34.9 Å². The van der Waals surface area contributed by atoms with E-state index in [-0.39, 0.29) is 29.8 Å². The molecule has 0 aliphatic rings. The summed E-state index contributed by atoms with van der Waals surface area (Å²) < 4.78 is 15.9. The molecule has 0 radical (unpaired) electrons. The van der Waals surface area contributed by atoms with Crippen LogP contribution in [0, 0.1) is 0 Å². The Morgan fingerprint density at radius 1 is 1.39 bits per heavy atom. The third kappa shape index (κ3) is 4.75. The molecule has 23 heavy (non-hydrogen) atoms. The first-order chi connectivity index (χ1) is 11.1. The van der Waals surface area contributed by atoms with Crippen molar-refractivity contribution in [2.75, 3.05) is 13.2 Å². The molecular weight excluding hydrogens is 322 g/mol. The van der Waals surface area contributed by atoms with Crippen LogP contribution >= 0.6 is 11.6 Å². The van der Waals surface area contributed by atoms with Crippen LogP contribution in [0.1, 0.15) is 23.0 Å². The van der Waals surface area contributed by atoms with E-state index < -0.39 is 0 Å². The standard InChI is InChI=1S/C16H16ClNO5/c1-2-21-14-7-11(9-19)6-13(17)16(14)23-10-15(20)18-8-12-4-3-5-22-12/h3-7,9H,2,8,10H2,1H3,(H,18,20). The number of aldehydes is 1. The Morgan fingerprint density at radius 3 is 2.87 bits per heavy atom. The van der Waals surface area contributed by atoms with Crippen LogP contribution in [0.4, 0.5) is 0 Å². The fraction of sp³-hybridized carbons (Fsp3) is 0.250. The second-order valence-electron chi connectivity index (χ2n) is 4.53. The maximum atomic E-state index is 11.8. The number of carbonyl (C=O) groups is 2. The van der Waals surface area contributed by atoms with Gasteiger partial charge in [-0.1, -0.05) is 11.6 Å². The Balaban J connectivity index is 1.98. The molecule has 7 heteroatoms. The molecule has 0 unspecified atom stereocenters. The van der Waals surface area contributed by atoms with E-state index in [1.807, 2.05) is 0 Å². The van der Waals surface area contributed by atoms with Crippen molar-refractivity contribution in [3.05, 3.63) is 46.9 Å². The molecule has 0 spiro atoms. The van der Waals surface area contributed by atoms with E-state index >= 15 is 0 Å². The van der Waals surface area contributed by atoms with Crippen molar-refractivity contribution in [2.24, 2.45) is 0 Å². The van der Waals surface area contributed by atoms with E-state index in [0.29, 0.717) is 30.0 Å². The number of hydrogen-bond acceptors (Lipinski definition) is 5. The molecule has 1 heterocycles. The monoisotopic (exact) mass is 337 g/mol. The third-order valence-electron chi connectivity index (χ3n) is 2.86. The van der Waals surface area contributed by atoms with Crippen LogP contribution in [0.25, 0.3) is 0 Å². The highest BCUT2D eigenvalue weighted by molar-refractivity contribution is 6.32. The fourth-order valence-electron chi connectivity index (χ4n) is 1.85. The van der Waals surface area contributed by atoms with Gasteiger partial charge in [0.2, 0.25) is 0 Å². The molecule has 1 aromatic carbocycles. The van der Waals surface area contributed by atoms with Crippen molar-refractivity contribution in [3.8, 4) is 11.5 Å². The molecule has 6 nitrogen and oxygen atoms in total. The maximum absolute atomic E-state index is 11.8. The van der Waals surface area contributed by atoms with Gasteiger partial charge in [0.15, 0.2) is 18.1 Å². The Bertz CT molecular complexity index is 669. The summed E-state index contributed by atoms with van der Waals surface area (Å²) in [4.78, 5) is 22.7. The van der Waals surface area contributed by atoms with Crippen molar-refractivity contribution in [1.29, 1.82) is 0 Å². The van der Waals surface area contributed by atoms with Gasteiger partial charge < -0.3 is 19.2 Å². The van der Waals surface area contributed by atoms with Crippen molar-refractivity contribution in [1.82, 2.24) is 5.32 Å². The van der Waals surface area contributed by atoms with E-state index in [4.69, 9.17) is 25.5 Å². The van der Waals surface area contributed by atoms with Gasteiger partial charge >= 0.3 is 0 Å². The summed E-state index contributed by atoms with van der Waals surface area (Å²) in [5.41, 5.74) is 0.369. The number of hydrogen-bond donors (Lipinski definition) is 1. The molecule has 2 rings (SSSR count). The minimum absolute atomic E-state index is 0.205. The Labute approximate surface area is 138 Å². The molecule has 0 aliphatic heterocycles. The number of benzene rings is 1. The zero-order chi connectivity index (χ0) is 16.7. The molecule has 0 bridgehead atoms. The summed E-state index contributed by atoms with van der Waals surface area (Å²) in [5.74, 6) is 0.856. The van der Waals surface area contributed by atoms with E-state index in [9.17, 15) is 9.59 Å². The second kappa shape index (κ2) is 8.24. The first-order valence-corrected chi connectivity index (χ1v) is 7.35. The lowest BCUT2D eigenvalue weighted by Gasteiger charge is -2.14. The van der Waals surface area contributed by atoms with Gasteiger partial charge in [-0.25, -0.2) is 0 Å². The Kier molecular flexibility index (Phi) is 6.05. The second-order valence-corrected chi connectivity index (χ2v) is 4.93. The number of ether oxygens (including phenoxy) is 2. The van der Waals surface area contributed by atoms with Crippen molar-refractivity contribution in [2.45, 2.75) is 13.5 Å². The van der Waals surface area contributed by atoms with Crippen molar-refractivity contribution in [3.63, 3.8) is 0 Å². The number of halogens is 1. The van der Waals surface area contributed by atoms with Gasteiger partial charge in [-0.3, -0.25) is 9.59 Å². The Morgan fingerprint density at radius 2 is 2.22 bits per heavy atom. The molecule has 0 fully saturated rings. The number of amides is 1. The molecule has 2 aromatic rings. The summed E-state index contributed by atoms with van der Waals surface area (Å²) >= 11 is 6.08. The van der Waals surface area contributed by atoms with Crippen LogP contribution in [-0.2, 0) is 11.3 Å². The predicted molar refractivity (Wildman–Crippen MR) is 84.1 cm³/mol. The largest absolute Gasteiger partial charge is 0.490 e. The lowest BCUT2D eigenvalue weighted by atomic mass is 10.2. The van der Waals surface area contributed by atoms with E-state index in [1.165, 1.54) is 18.4 Å². The normalized spacial score (nSPS) is 10.2. The van der Waals surface area contributed by atoms with Crippen LogP contribution in [-0.4, -0.2) is 25.4 Å². The molecule has 1 N–H and O–H groups in total. The SMILES string of the molecule is CCOc1cc(C=O)cc(Cl)c1OCC(=O)NCc1ccco1. The van der Waals surface area contributed by atoms with Gasteiger partial charge in [-0.05, 0) is 31.2 Å². The zero-order valence-corrected chi connectivity index (χ0v) is 13.3. The minimum Gasteiger partial charge on any atom is -0.490 e. The first-order valence-electron chi connectivity index (χ1n) is 6.97. The van der Waals surface area contributed by atoms with Crippen LogP contribution in [0.5, 0.6) is 11.5 Å². The summed E-state index contributed by atoms with van der Waals surface area (Å²) in [6, 6.07) is 6.45. The van der Waals surface area contributed by atoms with Crippen LogP contribution in [0.2, 0.25) is 5.02 Å².